The van der Waals surface area contributed by atoms with Crippen LogP contribution in [0.1, 0.15) is 27.7 Å². The average Bonchev–Trinajstić information content (AvgIpc) is 2.54. The molecule has 0 saturated carbocycles. The Morgan fingerprint density at radius 1 is 0.852 bits per heavy atom. The quantitative estimate of drug-likeness (QED) is 0.325. The van der Waals surface area contributed by atoms with Crippen LogP contribution in [0.3, 0.4) is 0 Å². The minimum atomic E-state index is -1.24. The summed E-state index contributed by atoms with van der Waals surface area (Å²) in [7, 11) is 0. The van der Waals surface area contributed by atoms with Crippen LogP contribution in [0, 0.1) is 0 Å². The molecular formula is C17H24O10. The van der Waals surface area contributed by atoms with Crippen LogP contribution in [0.15, 0.2) is 12.7 Å². The molecule has 152 valence electrons. The highest BCUT2D eigenvalue weighted by atomic mass is 16.7. The van der Waals surface area contributed by atoms with Crippen molar-refractivity contribution in [1.82, 2.24) is 0 Å². The van der Waals surface area contributed by atoms with Crippen LogP contribution in [0.5, 0.6) is 0 Å². The van der Waals surface area contributed by atoms with Gasteiger partial charge in [-0.3, -0.25) is 19.2 Å². The van der Waals surface area contributed by atoms with Gasteiger partial charge >= 0.3 is 23.9 Å². The Morgan fingerprint density at radius 2 is 1.37 bits per heavy atom. The van der Waals surface area contributed by atoms with Crippen molar-refractivity contribution >= 4 is 23.9 Å². The summed E-state index contributed by atoms with van der Waals surface area (Å²) < 4.78 is 31.7. The zero-order valence-corrected chi connectivity index (χ0v) is 15.7. The van der Waals surface area contributed by atoms with Crippen molar-refractivity contribution in [2.75, 3.05) is 13.2 Å². The molecule has 0 amide bonds. The molecule has 10 heteroatoms. The molecule has 0 N–H and O–H groups in total. The summed E-state index contributed by atoms with van der Waals surface area (Å²) in [6.07, 6.45) is -4.41. The molecule has 1 aliphatic heterocycles. The Morgan fingerprint density at radius 3 is 1.85 bits per heavy atom. The van der Waals surface area contributed by atoms with Crippen molar-refractivity contribution in [3.05, 3.63) is 12.7 Å². The Bertz CT molecular complexity index is 572. The SMILES string of the molecule is C=CCOC1O[C@H](COC(C)=O)[C@@H](OC(C)=O)[C@H](OC(C)=O)[C@H]1OC(C)=O. The fraction of sp³-hybridized carbons (Fsp3) is 0.647. The lowest BCUT2D eigenvalue weighted by Crippen LogP contribution is -2.62. The van der Waals surface area contributed by atoms with Crippen LogP contribution in [-0.2, 0) is 47.6 Å². The second-order valence-electron chi connectivity index (χ2n) is 5.69. The van der Waals surface area contributed by atoms with E-state index in [9.17, 15) is 19.2 Å². The highest BCUT2D eigenvalue weighted by Crippen LogP contribution is 2.29. The van der Waals surface area contributed by atoms with E-state index >= 15 is 0 Å². The molecule has 1 rings (SSSR count). The van der Waals surface area contributed by atoms with Crippen molar-refractivity contribution in [3.8, 4) is 0 Å². The second kappa shape index (κ2) is 10.6. The van der Waals surface area contributed by atoms with E-state index in [0.29, 0.717) is 0 Å². The van der Waals surface area contributed by atoms with Gasteiger partial charge in [0, 0.05) is 27.7 Å². The normalized spacial score (nSPS) is 27.2. The number of carbonyl (C=O) groups is 4. The lowest BCUT2D eigenvalue weighted by atomic mass is 9.98. The van der Waals surface area contributed by atoms with E-state index < -0.39 is 54.6 Å². The highest BCUT2D eigenvalue weighted by molar-refractivity contribution is 5.68. The molecule has 0 aliphatic carbocycles. The van der Waals surface area contributed by atoms with Crippen LogP contribution >= 0.6 is 0 Å². The van der Waals surface area contributed by atoms with Crippen molar-refractivity contribution in [2.45, 2.75) is 58.4 Å². The highest BCUT2D eigenvalue weighted by Gasteiger charge is 2.52. The molecule has 27 heavy (non-hydrogen) atoms. The molecule has 1 heterocycles. The number of ether oxygens (including phenoxy) is 6. The van der Waals surface area contributed by atoms with Crippen LogP contribution in [0.2, 0.25) is 0 Å². The molecule has 0 aromatic heterocycles. The van der Waals surface area contributed by atoms with Crippen molar-refractivity contribution in [3.63, 3.8) is 0 Å². The minimum absolute atomic E-state index is 0.0355. The first-order valence-electron chi connectivity index (χ1n) is 8.18. The van der Waals surface area contributed by atoms with E-state index in [1.165, 1.54) is 13.0 Å². The van der Waals surface area contributed by atoms with Crippen molar-refractivity contribution in [2.24, 2.45) is 0 Å². The van der Waals surface area contributed by atoms with Gasteiger partial charge in [0.05, 0.1) is 6.61 Å². The molecule has 10 nitrogen and oxygen atoms in total. The maximum Gasteiger partial charge on any atom is 0.303 e. The number of carbonyl (C=O) groups excluding carboxylic acids is 4. The van der Waals surface area contributed by atoms with E-state index in [1.54, 1.807) is 0 Å². The summed E-state index contributed by atoms with van der Waals surface area (Å²) in [5.74, 6) is -2.67. The van der Waals surface area contributed by atoms with Gasteiger partial charge in [0.15, 0.2) is 24.6 Å². The van der Waals surface area contributed by atoms with Gasteiger partial charge in [-0.1, -0.05) is 6.08 Å². The van der Waals surface area contributed by atoms with E-state index in [1.807, 2.05) is 0 Å². The summed E-state index contributed by atoms with van der Waals surface area (Å²) >= 11 is 0. The third kappa shape index (κ3) is 7.35. The standard InChI is InChI=1S/C17H24O10/c1-6-7-22-17-16(26-12(5)21)15(25-11(4)20)14(24-10(3)19)13(27-17)8-23-9(2)18/h6,13-17H,1,7-8H2,2-5H3/t13-,14-,15+,16-,17?/m1/s1. The van der Waals surface area contributed by atoms with Crippen molar-refractivity contribution in [1.29, 1.82) is 0 Å². The second-order valence-corrected chi connectivity index (χ2v) is 5.69. The molecule has 0 aromatic carbocycles. The summed E-state index contributed by atoms with van der Waals surface area (Å²) in [5, 5.41) is 0. The number of hydrogen-bond donors (Lipinski definition) is 0. The monoisotopic (exact) mass is 388 g/mol. The molecule has 1 aliphatic rings. The lowest BCUT2D eigenvalue weighted by Gasteiger charge is -2.43. The van der Waals surface area contributed by atoms with Crippen LogP contribution in [0.4, 0.5) is 0 Å². The Balaban J connectivity index is 3.24. The van der Waals surface area contributed by atoms with E-state index in [4.69, 9.17) is 28.4 Å². The van der Waals surface area contributed by atoms with Gasteiger partial charge in [0.25, 0.3) is 0 Å². The van der Waals surface area contributed by atoms with E-state index in [2.05, 4.69) is 6.58 Å². The number of esters is 4. The smallest absolute Gasteiger partial charge is 0.303 e. The summed E-state index contributed by atoms with van der Waals surface area (Å²) in [6.45, 7) is 7.90. The van der Waals surface area contributed by atoms with Gasteiger partial charge in [-0.15, -0.1) is 6.58 Å². The fourth-order valence-corrected chi connectivity index (χ4v) is 2.49. The van der Waals surface area contributed by atoms with E-state index in [0.717, 1.165) is 20.8 Å². The molecule has 1 fully saturated rings. The van der Waals surface area contributed by atoms with Gasteiger partial charge in [-0.2, -0.15) is 0 Å². The number of hydrogen-bond acceptors (Lipinski definition) is 10. The van der Waals surface area contributed by atoms with Gasteiger partial charge in [0.2, 0.25) is 0 Å². The van der Waals surface area contributed by atoms with Gasteiger partial charge in [-0.25, -0.2) is 0 Å². The third-order valence-electron chi connectivity index (χ3n) is 3.33. The zero-order valence-electron chi connectivity index (χ0n) is 15.7. The molecule has 0 radical (unpaired) electrons. The summed E-state index contributed by atoms with van der Waals surface area (Å²) in [5.41, 5.74) is 0. The molecular weight excluding hydrogens is 364 g/mol. The molecule has 5 atom stereocenters. The first-order chi connectivity index (χ1) is 12.6. The Hall–Kier alpha value is -2.46. The number of rotatable bonds is 8. The zero-order chi connectivity index (χ0) is 20.6. The Labute approximate surface area is 156 Å². The van der Waals surface area contributed by atoms with Crippen LogP contribution < -0.4 is 0 Å². The maximum absolute atomic E-state index is 11.6. The summed E-state index contributed by atoms with van der Waals surface area (Å²) in [6, 6.07) is 0. The first kappa shape index (κ1) is 22.6. The first-order valence-corrected chi connectivity index (χ1v) is 8.18. The molecule has 0 bridgehead atoms. The van der Waals surface area contributed by atoms with Crippen LogP contribution in [-0.4, -0.2) is 67.8 Å². The van der Waals surface area contributed by atoms with Gasteiger partial charge < -0.3 is 28.4 Å². The molecule has 0 aromatic rings. The summed E-state index contributed by atoms with van der Waals surface area (Å²) in [4.78, 5) is 45.8. The van der Waals surface area contributed by atoms with Crippen LogP contribution in [0.25, 0.3) is 0 Å². The predicted molar refractivity (Wildman–Crippen MR) is 88.1 cm³/mol. The lowest BCUT2D eigenvalue weighted by molar-refractivity contribution is -0.305. The molecule has 1 saturated heterocycles. The van der Waals surface area contributed by atoms with Gasteiger partial charge in [-0.05, 0) is 0 Å². The van der Waals surface area contributed by atoms with Gasteiger partial charge in [0.1, 0.15) is 12.7 Å². The Kier molecular flexibility index (Phi) is 8.89. The largest absolute Gasteiger partial charge is 0.463 e. The minimum Gasteiger partial charge on any atom is -0.463 e. The topological polar surface area (TPSA) is 124 Å². The predicted octanol–water partition coefficient (Wildman–Crippen LogP) is 0.272. The third-order valence-corrected chi connectivity index (χ3v) is 3.33. The maximum atomic E-state index is 11.6. The van der Waals surface area contributed by atoms with Crippen molar-refractivity contribution < 1.29 is 47.6 Å². The van der Waals surface area contributed by atoms with E-state index in [-0.39, 0.29) is 13.2 Å². The molecule has 0 spiro atoms. The average molecular weight is 388 g/mol. The fourth-order valence-electron chi connectivity index (χ4n) is 2.49. The molecule has 1 unspecified atom stereocenters.